The van der Waals surface area contributed by atoms with Gasteiger partial charge in [-0.3, -0.25) is 4.99 Å². The molecule has 2 aromatic rings. The van der Waals surface area contributed by atoms with Crippen molar-refractivity contribution in [3.8, 4) is 11.5 Å². The first-order chi connectivity index (χ1) is 12.2. The van der Waals surface area contributed by atoms with Gasteiger partial charge in [-0.2, -0.15) is 0 Å². The Morgan fingerprint density at radius 1 is 1.15 bits per heavy atom. The van der Waals surface area contributed by atoms with E-state index in [0.29, 0.717) is 31.5 Å². The summed E-state index contributed by atoms with van der Waals surface area (Å²) in [5.41, 5.74) is 1.64. The normalized spacial score (nSPS) is 13.4. The second kappa shape index (κ2) is 9.96. The standard InChI is InChI=1S/C18H19BrFN3O2.HI/c1-21-18(22-11-12-9-13(20)3-5-15(12)19)23-14-4-6-16-17(10-14)25-8-2-7-24-16;/h3-6,9-10H,2,7-8,11H2,1H3,(H2,21,22,23);1H. The van der Waals surface area contributed by atoms with Gasteiger partial charge in [0, 0.05) is 36.2 Å². The molecule has 0 unspecified atom stereocenters. The minimum Gasteiger partial charge on any atom is -0.490 e. The zero-order chi connectivity index (χ0) is 17.6. The molecule has 0 fully saturated rings. The summed E-state index contributed by atoms with van der Waals surface area (Å²) in [6, 6.07) is 10.2. The molecule has 0 aromatic heterocycles. The average Bonchev–Trinajstić information content (AvgIpc) is 2.86. The van der Waals surface area contributed by atoms with Crippen molar-refractivity contribution >= 4 is 51.6 Å². The number of nitrogens with zero attached hydrogens (tertiary/aromatic N) is 1. The van der Waals surface area contributed by atoms with Crippen LogP contribution in [-0.2, 0) is 6.54 Å². The van der Waals surface area contributed by atoms with Crippen LogP contribution in [0.5, 0.6) is 11.5 Å². The molecule has 5 nitrogen and oxygen atoms in total. The third kappa shape index (κ3) is 5.47. The molecule has 140 valence electrons. The van der Waals surface area contributed by atoms with Crippen LogP contribution in [0.2, 0.25) is 0 Å². The Labute approximate surface area is 177 Å². The molecule has 1 aliphatic heterocycles. The van der Waals surface area contributed by atoms with Crippen LogP contribution in [0, 0.1) is 5.82 Å². The van der Waals surface area contributed by atoms with Gasteiger partial charge in [0.2, 0.25) is 0 Å². The quantitative estimate of drug-likeness (QED) is 0.344. The molecular formula is C18H20BrFIN3O2. The first-order valence-corrected chi connectivity index (χ1v) is 8.76. The maximum absolute atomic E-state index is 13.4. The number of fused-ring (bicyclic) bond motifs is 1. The lowest BCUT2D eigenvalue weighted by Crippen LogP contribution is -2.30. The molecule has 0 spiro atoms. The Morgan fingerprint density at radius 2 is 1.92 bits per heavy atom. The zero-order valence-corrected chi connectivity index (χ0v) is 18.1. The molecule has 0 bridgehead atoms. The van der Waals surface area contributed by atoms with Crippen LogP contribution in [0.3, 0.4) is 0 Å². The second-order valence-electron chi connectivity index (χ2n) is 5.50. The van der Waals surface area contributed by atoms with Crippen molar-refractivity contribution in [2.75, 3.05) is 25.6 Å². The summed E-state index contributed by atoms with van der Waals surface area (Å²) in [5.74, 6) is 1.76. The lowest BCUT2D eigenvalue weighted by atomic mass is 10.2. The molecule has 0 atom stereocenters. The van der Waals surface area contributed by atoms with Crippen LogP contribution in [0.15, 0.2) is 45.9 Å². The van der Waals surface area contributed by atoms with Crippen molar-refractivity contribution in [2.45, 2.75) is 13.0 Å². The number of halogens is 3. The van der Waals surface area contributed by atoms with Gasteiger partial charge in [-0.05, 0) is 35.9 Å². The molecule has 2 N–H and O–H groups in total. The Bertz CT molecular complexity index is 789. The maximum Gasteiger partial charge on any atom is 0.195 e. The number of guanidine groups is 1. The Hall–Kier alpha value is -1.55. The summed E-state index contributed by atoms with van der Waals surface area (Å²) >= 11 is 3.42. The second-order valence-corrected chi connectivity index (χ2v) is 6.35. The van der Waals surface area contributed by atoms with E-state index >= 15 is 0 Å². The lowest BCUT2D eigenvalue weighted by molar-refractivity contribution is 0.297. The molecule has 0 radical (unpaired) electrons. The molecule has 1 aliphatic rings. The fraction of sp³-hybridized carbons (Fsp3) is 0.278. The first-order valence-electron chi connectivity index (χ1n) is 7.97. The Balaban J connectivity index is 0.00000243. The third-order valence-corrected chi connectivity index (χ3v) is 4.46. The molecule has 0 saturated carbocycles. The summed E-state index contributed by atoms with van der Waals surface area (Å²) in [4.78, 5) is 4.19. The van der Waals surface area contributed by atoms with Crippen molar-refractivity contribution in [2.24, 2.45) is 4.99 Å². The van der Waals surface area contributed by atoms with Crippen molar-refractivity contribution in [3.05, 3.63) is 52.3 Å². The number of rotatable bonds is 3. The van der Waals surface area contributed by atoms with Crippen LogP contribution >= 0.6 is 39.9 Å². The van der Waals surface area contributed by atoms with E-state index in [-0.39, 0.29) is 29.8 Å². The highest BCUT2D eigenvalue weighted by molar-refractivity contribution is 14.0. The highest BCUT2D eigenvalue weighted by atomic mass is 127. The first kappa shape index (κ1) is 20.8. The molecule has 1 heterocycles. The van der Waals surface area contributed by atoms with E-state index in [2.05, 4.69) is 31.6 Å². The number of nitrogens with one attached hydrogen (secondary N) is 2. The molecule has 26 heavy (non-hydrogen) atoms. The van der Waals surface area contributed by atoms with Crippen LogP contribution in [-0.4, -0.2) is 26.2 Å². The number of hydrogen-bond acceptors (Lipinski definition) is 3. The number of anilines is 1. The monoisotopic (exact) mass is 535 g/mol. The molecule has 8 heteroatoms. The summed E-state index contributed by atoms with van der Waals surface area (Å²) < 4.78 is 25.5. The number of aliphatic imine (C=N–C) groups is 1. The van der Waals surface area contributed by atoms with Gasteiger partial charge < -0.3 is 20.1 Å². The van der Waals surface area contributed by atoms with Crippen molar-refractivity contribution < 1.29 is 13.9 Å². The van der Waals surface area contributed by atoms with Crippen molar-refractivity contribution in [1.82, 2.24) is 5.32 Å². The summed E-state index contributed by atoms with van der Waals surface area (Å²) in [6.45, 7) is 1.73. The minimum absolute atomic E-state index is 0. The van der Waals surface area contributed by atoms with Gasteiger partial charge in [0.05, 0.1) is 13.2 Å². The van der Waals surface area contributed by atoms with E-state index in [1.807, 2.05) is 18.2 Å². The Morgan fingerprint density at radius 3 is 2.69 bits per heavy atom. The van der Waals surface area contributed by atoms with E-state index in [1.54, 1.807) is 13.1 Å². The molecule has 0 saturated heterocycles. The summed E-state index contributed by atoms with van der Waals surface area (Å²) in [5, 5.41) is 6.36. The summed E-state index contributed by atoms with van der Waals surface area (Å²) in [6.07, 6.45) is 0.864. The van der Waals surface area contributed by atoms with E-state index < -0.39 is 0 Å². The number of ether oxygens (including phenoxy) is 2. The van der Waals surface area contributed by atoms with Gasteiger partial charge in [-0.15, -0.1) is 24.0 Å². The number of hydrogen-bond donors (Lipinski definition) is 2. The molecule has 0 amide bonds. The highest BCUT2D eigenvalue weighted by Gasteiger charge is 2.11. The average molecular weight is 536 g/mol. The van der Waals surface area contributed by atoms with Gasteiger partial charge in [0.15, 0.2) is 17.5 Å². The maximum atomic E-state index is 13.4. The van der Waals surface area contributed by atoms with Gasteiger partial charge in [0.1, 0.15) is 5.82 Å². The topological polar surface area (TPSA) is 54.9 Å². The smallest absolute Gasteiger partial charge is 0.195 e. The fourth-order valence-electron chi connectivity index (χ4n) is 2.41. The van der Waals surface area contributed by atoms with Crippen molar-refractivity contribution in [1.29, 1.82) is 0 Å². The highest BCUT2D eigenvalue weighted by Crippen LogP contribution is 2.32. The zero-order valence-electron chi connectivity index (χ0n) is 14.2. The van der Waals surface area contributed by atoms with E-state index in [9.17, 15) is 4.39 Å². The van der Waals surface area contributed by atoms with Gasteiger partial charge in [0.25, 0.3) is 0 Å². The van der Waals surface area contributed by atoms with Crippen LogP contribution in [0.4, 0.5) is 10.1 Å². The molecular weight excluding hydrogens is 516 g/mol. The molecule has 0 aliphatic carbocycles. The van der Waals surface area contributed by atoms with Crippen LogP contribution in [0.25, 0.3) is 0 Å². The number of benzene rings is 2. The van der Waals surface area contributed by atoms with Crippen LogP contribution in [0.1, 0.15) is 12.0 Å². The SMILES string of the molecule is CN=C(NCc1cc(F)ccc1Br)Nc1ccc2c(c1)OCCCO2.I. The third-order valence-electron chi connectivity index (χ3n) is 3.69. The predicted molar refractivity (Wildman–Crippen MR) is 115 cm³/mol. The van der Waals surface area contributed by atoms with E-state index in [1.165, 1.54) is 12.1 Å². The van der Waals surface area contributed by atoms with Crippen molar-refractivity contribution in [3.63, 3.8) is 0 Å². The molecule has 2 aromatic carbocycles. The van der Waals surface area contributed by atoms with E-state index in [4.69, 9.17) is 9.47 Å². The minimum atomic E-state index is -0.272. The Kier molecular flexibility index (Phi) is 7.95. The van der Waals surface area contributed by atoms with Gasteiger partial charge >= 0.3 is 0 Å². The van der Waals surface area contributed by atoms with Gasteiger partial charge in [-0.25, -0.2) is 4.39 Å². The predicted octanol–water partition coefficient (Wildman–Crippen LogP) is 4.56. The van der Waals surface area contributed by atoms with Crippen LogP contribution < -0.4 is 20.1 Å². The lowest BCUT2D eigenvalue weighted by Gasteiger charge is -2.14. The summed E-state index contributed by atoms with van der Waals surface area (Å²) in [7, 11) is 1.68. The van der Waals surface area contributed by atoms with Gasteiger partial charge in [-0.1, -0.05) is 15.9 Å². The molecule has 3 rings (SSSR count). The fourth-order valence-corrected chi connectivity index (χ4v) is 2.80. The largest absolute Gasteiger partial charge is 0.490 e. The van der Waals surface area contributed by atoms with E-state index in [0.717, 1.165) is 27.9 Å².